The molecule has 0 saturated carbocycles. The van der Waals surface area contributed by atoms with Crippen LogP contribution in [0.1, 0.15) is 0 Å². The minimum absolute atomic E-state index is 0.404. The normalized spacial score (nSPS) is 8.82. The standard InChI is InChI=1S/C8H4Cl2O/c1-2-11-8-5-6(9)3-4-7(8)10/h1,3-5H. The zero-order chi connectivity index (χ0) is 8.27. The minimum atomic E-state index is 0.404. The first-order valence-corrected chi connectivity index (χ1v) is 3.57. The molecule has 1 nitrogen and oxygen atoms in total. The fraction of sp³-hybridized carbons (Fsp3) is 0. The van der Waals surface area contributed by atoms with Crippen LogP contribution in [-0.2, 0) is 0 Å². The van der Waals surface area contributed by atoms with Crippen LogP contribution in [0.3, 0.4) is 0 Å². The second kappa shape index (κ2) is 3.52. The van der Waals surface area contributed by atoms with Gasteiger partial charge in [-0.05, 0) is 12.1 Å². The van der Waals surface area contributed by atoms with Crippen LogP contribution in [-0.4, -0.2) is 0 Å². The van der Waals surface area contributed by atoms with Crippen molar-refractivity contribution in [1.82, 2.24) is 0 Å². The van der Waals surface area contributed by atoms with Crippen LogP contribution >= 0.6 is 23.2 Å². The van der Waals surface area contributed by atoms with Gasteiger partial charge in [0.25, 0.3) is 0 Å². The van der Waals surface area contributed by atoms with Gasteiger partial charge in [-0.1, -0.05) is 29.6 Å². The molecule has 0 amide bonds. The molecule has 0 N–H and O–H groups in total. The summed E-state index contributed by atoms with van der Waals surface area (Å²) in [4.78, 5) is 0. The van der Waals surface area contributed by atoms with Crippen LogP contribution in [0.4, 0.5) is 0 Å². The Bertz CT molecular complexity index is 301. The summed E-state index contributed by atoms with van der Waals surface area (Å²) in [6.45, 7) is 0. The lowest BCUT2D eigenvalue weighted by Gasteiger charge is -1.99. The fourth-order valence-electron chi connectivity index (χ4n) is 0.619. The average molecular weight is 187 g/mol. The maximum Gasteiger partial charge on any atom is 0.160 e. The molecule has 1 aromatic rings. The van der Waals surface area contributed by atoms with E-state index in [4.69, 9.17) is 34.4 Å². The first kappa shape index (κ1) is 8.26. The van der Waals surface area contributed by atoms with Gasteiger partial charge in [-0.15, -0.1) is 0 Å². The molecule has 0 atom stereocenters. The maximum absolute atomic E-state index is 5.70. The largest absolute Gasteiger partial charge is 0.406 e. The second-order valence-corrected chi connectivity index (χ2v) is 2.64. The maximum atomic E-state index is 5.70. The number of hydrogen-bond acceptors (Lipinski definition) is 1. The van der Waals surface area contributed by atoms with Crippen LogP contribution in [0.5, 0.6) is 5.75 Å². The highest BCUT2D eigenvalue weighted by molar-refractivity contribution is 6.34. The highest BCUT2D eigenvalue weighted by Crippen LogP contribution is 2.27. The Hall–Kier alpha value is -0.840. The number of terminal acetylenes is 1. The average Bonchev–Trinajstić information content (AvgIpc) is 1.98. The molecule has 1 aromatic carbocycles. The summed E-state index contributed by atoms with van der Waals surface area (Å²) in [7, 11) is 0. The van der Waals surface area contributed by atoms with E-state index in [0.29, 0.717) is 15.8 Å². The van der Waals surface area contributed by atoms with Crippen molar-refractivity contribution >= 4 is 23.2 Å². The van der Waals surface area contributed by atoms with E-state index in [1.165, 1.54) is 0 Å². The zero-order valence-electron chi connectivity index (χ0n) is 5.47. The van der Waals surface area contributed by atoms with Crippen molar-refractivity contribution in [2.75, 3.05) is 0 Å². The van der Waals surface area contributed by atoms with Gasteiger partial charge in [0.05, 0.1) is 5.02 Å². The van der Waals surface area contributed by atoms with Crippen molar-refractivity contribution < 1.29 is 4.74 Å². The molecule has 0 saturated heterocycles. The summed E-state index contributed by atoms with van der Waals surface area (Å²) in [5, 5.41) is 0.993. The van der Waals surface area contributed by atoms with E-state index in [2.05, 4.69) is 0 Å². The summed E-state index contributed by atoms with van der Waals surface area (Å²) < 4.78 is 4.73. The molecule has 56 valence electrons. The molecule has 0 aliphatic carbocycles. The Morgan fingerprint density at radius 1 is 1.36 bits per heavy atom. The van der Waals surface area contributed by atoms with Crippen molar-refractivity contribution in [2.45, 2.75) is 0 Å². The van der Waals surface area contributed by atoms with Crippen LogP contribution in [0.2, 0.25) is 10.0 Å². The molecule has 0 spiro atoms. The lowest BCUT2D eigenvalue weighted by Crippen LogP contribution is -1.82. The van der Waals surface area contributed by atoms with Crippen molar-refractivity contribution in [3.63, 3.8) is 0 Å². The monoisotopic (exact) mass is 186 g/mol. The van der Waals surface area contributed by atoms with E-state index in [9.17, 15) is 0 Å². The van der Waals surface area contributed by atoms with Gasteiger partial charge >= 0.3 is 0 Å². The molecular formula is C8H4Cl2O. The van der Waals surface area contributed by atoms with E-state index in [0.717, 1.165) is 0 Å². The van der Waals surface area contributed by atoms with Crippen LogP contribution in [0, 0.1) is 12.5 Å². The van der Waals surface area contributed by atoms with Gasteiger partial charge in [0.2, 0.25) is 0 Å². The van der Waals surface area contributed by atoms with Gasteiger partial charge < -0.3 is 4.74 Å². The van der Waals surface area contributed by atoms with E-state index >= 15 is 0 Å². The quantitative estimate of drug-likeness (QED) is 0.614. The van der Waals surface area contributed by atoms with Crippen molar-refractivity contribution in [1.29, 1.82) is 0 Å². The Morgan fingerprint density at radius 2 is 2.09 bits per heavy atom. The lowest BCUT2D eigenvalue weighted by atomic mass is 10.3. The minimum Gasteiger partial charge on any atom is -0.406 e. The first-order chi connectivity index (χ1) is 5.24. The molecule has 3 heteroatoms. The van der Waals surface area contributed by atoms with Crippen LogP contribution < -0.4 is 4.74 Å². The van der Waals surface area contributed by atoms with Gasteiger partial charge in [0, 0.05) is 11.1 Å². The van der Waals surface area contributed by atoms with Crippen LogP contribution in [0.25, 0.3) is 0 Å². The molecule has 11 heavy (non-hydrogen) atoms. The van der Waals surface area contributed by atoms with Crippen molar-refractivity contribution in [3.8, 4) is 18.3 Å². The van der Waals surface area contributed by atoms with Gasteiger partial charge in [0.15, 0.2) is 5.75 Å². The van der Waals surface area contributed by atoms with Gasteiger partial charge in [-0.2, -0.15) is 0 Å². The molecule has 0 aliphatic heterocycles. The topological polar surface area (TPSA) is 9.23 Å². The Labute approximate surface area is 74.9 Å². The highest BCUT2D eigenvalue weighted by atomic mass is 35.5. The van der Waals surface area contributed by atoms with E-state index in [1.54, 1.807) is 18.2 Å². The zero-order valence-corrected chi connectivity index (χ0v) is 6.99. The number of halogens is 2. The van der Waals surface area contributed by atoms with E-state index < -0.39 is 0 Å². The number of rotatable bonds is 1. The molecule has 0 radical (unpaired) electrons. The third-order valence-electron chi connectivity index (χ3n) is 1.06. The molecule has 0 aromatic heterocycles. The number of ether oxygens (including phenoxy) is 1. The Balaban J connectivity index is 3.05. The van der Waals surface area contributed by atoms with Crippen LogP contribution in [0.15, 0.2) is 18.2 Å². The predicted molar refractivity (Wildman–Crippen MR) is 45.9 cm³/mol. The summed E-state index contributed by atoms with van der Waals surface area (Å²) in [5.74, 6) is 0.404. The highest BCUT2D eigenvalue weighted by Gasteiger charge is 2.00. The SMILES string of the molecule is C#COc1cc(Cl)ccc1Cl. The first-order valence-electron chi connectivity index (χ1n) is 2.81. The molecule has 1 rings (SSSR count). The molecule has 0 heterocycles. The van der Waals surface area contributed by atoms with Gasteiger partial charge in [-0.3, -0.25) is 0 Å². The summed E-state index contributed by atoms with van der Waals surface area (Å²) in [5.41, 5.74) is 0. The van der Waals surface area contributed by atoms with E-state index in [1.807, 2.05) is 6.11 Å². The summed E-state index contributed by atoms with van der Waals surface area (Å²) >= 11 is 11.3. The lowest BCUT2D eigenvalue weighted by molar-refractivity contribution is 0.521. The smallest absolute Gasteiger partial charge is 0.160 e. The van der Waals surface area contributed by atoms with Gasteiger partial charge in [0.1, 0.15) is 6.11 Å². The molecule has 0 aliphatic rings. The third-order valence-corrected chi connectivity index (χ3v) is 1.61. The van der Waals surface area contributed by atoms with Crippen molar-refractivity contribution in [2.24, 2.45) is 0 Å². The van der Waals surface area contributed by atoms with E-state index in [-0.39, 0.29) is 0 Å². The molecule has 0 fully saturated rings. The second-order valence-electron chi connectivity index (χ2n) is 1.79. The summed E-state index contributed by atoms with van der Waals surface area (Å²) in [6.07, 6.45) is 6.91. The molecular weight excluding hydrogens is 183 g/mol. The van der Waals surface area contributed by atoms with Gasteiger partial charge in [-0.25, -0.2) is 0 Å². The number of benzene rings is 1. The molecule has 0 bridgehead atoms. The Kier molecular flexibility index (Phi) is 2.64. The molecule has 0 unspecified atom stereocenters. The van der Waals surface area contributed by atoms with Crippen molar-refractivity contribution in [3.05, 3.63) is 28.2 Å². The predicted octanol–water partition coefficient (Wildman–Crippen LogP) is 2.96. The fourth-order valence-corrected chi connectivity index (χ4v) is 0.937. The summed E-state index contributed by atoms with van der Waals surface area (Å²) in [6, 6.07) is 4.84. The number of hydrogen-bond donors (Lipinski definition) is 0. The Morgan fingerprint density at radius 3 is 2.73 bits per heavy atom. The third kappa shape index (κ3) is 2.04.